The number of carbonyl (C=O) groups excluding carboxylic acids is 4. The number of amides is 3. The summed E-state index contributed by atoms with van der Waals surface area (Å²) in [5, 5.41) is 11.4. The Hall–Kier alpha value is -3.40. The van der Waals surface area contributed by atoms with Gasteiger partial charge >= 0.3 is 5.97 Å². The first kappa shape index (κ1) is 25.9. The first-order valence-electron chi connectivity index (χ1n) is 10.6. The third kappa shape index (κ3) is 6.55. The third-order valence-electron chi connectivity index (χ3n) is 4.66. The van der Waals surface area contributed by atoms with E-state index in [1.165, 1.54) is 7.05 Å². The number of esters is 1. The van der Waals surface area contributed by atoms with E-state index >= 15 is 0 Å². The lowest BCUT2D eigenvalue weighted by Crippen LogP contribution is -2.30. The van der Waals surface area contributed by atoms with Gasteiger partial charge in [0.15, 0.2) is 0 Å². The number of thiophene rings is 1. The molecule has 1 heterocycles. The highest BCUT2D eigenvalue weighted by atomic mass is 32.1. The largest absolute Gasteiger partial charge is 0.462 e. The summed E-state index contributed by atoms with van der Waals surface area (Å²) in [7, 11) is 1.49. The summed E-state index contributed by atoms with van der Waals surface area (Å²) >= 11 is 1.02. The fraction of sp³-hybridized carbons (Fsp3) is 0.391. The zero-order valence-corrected chi connectivity index (χ0v) is 20.5. The second kappa shape index (κ2) is 11.5. The molecule has 33 heavy (non-hydrogen) atoms. The molecule has 0 unspecified atom stereocenters. The number of anilines is 2. The van der Waals surface area contributed by atoms with Crippen LogP contribution in [0.4, 0.5) is 10.7 Å². The van der Waals surface area contributed by atoms with E-state index in [0.717, 1.165) is 16.9 Å². The number of hydrogen-bond acceptors (Lipinski definition) is 7. The van der Waals surface area contributed by atoms with Gasteiger partial charge in [-0.2, -0.15) is 0 Å². The van der Waals surface area contributed by atoms with Crippen molar-refractivity contribution in [3.05, 3.63) is 45.3 Å². The van der Waals surface area contributed by atoms with Gasteiger partial charge in [0.1, 0.15) is 5.00 Å². The Morgan fingerprint density at radius 2 is 1.79 bits per heavy atom. The Bertz CT molecular complexity index is 1060. The Kier molecular flexibility index (Phi) is 8.98. The van der Waals surface area contributed by atoms with Gasteiger partial charge in [-0.15, -0.1) is 11.3 Å². The van der Waals surface area contributed by atoms with Crippen LogP contribution in [-0.4, -0.2) is 49.9 Å². The fourth-order valence-electron chi connectivity index (χ4n) is 3.08. The van der Waals surface area contributed by atoms with Crippen LogP contribution >= 0.6 is 11.3 Å². The molecule has 3 amide bonds. The number of benzene rings is 1. The fourth-order valence-corrected chi connectivity index (χ4v) is 4.23. The molecule has 10 heteroatoms. The molecule has 0 aliphatic heterocycles. The van der Waals surface area contributed by atoms with E-state index in [1.807, 2.05) is 20.8 Å². The Labute approximate surface area is 197 Å². The standard InChI is InChI=1S/C23H30N4O5S/c1-7-32-23(31)18-14(5)19(21(30)24-6)33-22(18)27-17(28)11-25-16-9-8-15(10-13(16)4)20(29)26-12(2)3/h8-10,12,25H,7,11H2,1-6H3,(H,24,30)(H,26,29)(H,27,28). The summed E-state index contributed by atoms with van der Waals surface area (Å²) in [4.78, 5) is 49.7. The van der Waals surface area contributed by atoms with Gasteiger partial charge in [-0.05, 0) is 63.9 Å². The maximum atomic E-state index is 12.6. The molecule has 0 aliphatic rings. The number of aryl methyl sites for hydroxylation is 1. The van der Waals surface area contributed by atoms with Gasteiger partial charge in [0, 0.05) is 24.3 Å². The van der Waals surface area contributed by atoms with Crippen LogP contribution in [0.1, 0.15) is 62.3 Å². The number of ether oxygens (including phenoxy) is 1. The normalized spacial score (nSPS) is 10.5. The van der Waals surface area contributed by atoms with Gasteiger partial charge in [-0.1, -0.05) is 0 Å². The highest BCUT2D eigenvalue weighted by molar-refractivity contribution is 7.18. The summed E-state index contributed by atoms with van der Waals surface area (Å²) in [6.45, 7) is 9.03. The van der Waals surface area contributed by atoms with Crippen molar-refractivity contribution in [2.24, 2.45) is 0 Å². The zero-order valence-electron chi connectivity index (χ0n) is 19.7. The van der Waals surface area contributed by atoms with E-state index in [0.29, 0.717) is 21.7 Å². The molecule has 0 fully saturated rings. The topological polar surface area (TPSA) is 126 Å². The lowest BCUT2D eigenvalue weighted by atomic mass is 10.1. The third-order valence-corrected chi connectivity index (χ3v) is 5.87. The van der Waals surface area contributed by atoms with Crippen molar-refractivity contribution in [1.82, 2.24) is 10.6 Å². The van der Waals surface area contributed by atoms with E-state index in [1.54, 1.807) is 32.0 Å². The van der Waals surface area contributed by atoms with Crippen molar-refractivity contribution < 1.29 is 23.9 Å². The summed E-state index contributed by atoms with van der Waals surface area (Å²) < 4.78 is 5.09. The molecule has 2 aromatic rings. The van der Waals surface area contributed by atoms with E-state index in [-0.39, 0.29) is 41.6 Å². The Morgan fingerprint density at radius 1 is 1.09 bits per heavy atom. The monoisotopic (exact) mass is 474 g/mol. The summed E-state index contributed by atoms with van der Waals surface area (Å²) in [6.07, 6.45) is 0. The van der Waals surface area contributed by atoms with E-state index in [9.17, 15) is 19.2 Å². The molecule has 1 aromatic heterocycles. The minimum absolute atomic E-state index is 0.0311. The summed E-state index contributed by atoms with van der Waals surface area (Å²) in [5.74, 6) is -1.51. The smallest absolute Gasteiger partial charge is 0.341 e. The van der Waals surface area contributed by atoms with Crippen LogP contribution in [0.5, 0.6) is 0 Å². The molecule has 178 valence electrons. The molecule has 0 aliphatic carbocycles. The second-order valence-corrected chi connectivity index (χ2v) is 8.64. The number of rotatable bonds is 9. The van der Waals surface area contributed by atoms with Crippen molar-refractivity contribution >= 4 is 45.7 Å². The molecule has 0 bridgehead atoms. The van der Waals surface area contributed by atoms with Crippen molar-refractivity contribution in [2.75, 3.05) is 30.8 Å². The van der Waals surface area contributed by atoms with E-state index in [4.69, 9.17) is 4.74 Å². The molecular formula is C23H30N4O5S. The van der Waals surface area contributed by atoms with Gasteiger partial charge in [0.2, 0.25) is 5.91 Å². The van der Waals surface area contributed by atoms with Gasteiger partial charge in [-0.25, -0.2) is 4.79 Å². The zero-order chi connectivity index (χ0) is 24.7. The molecule has 4 N–H and O–H groups in total. The maximum Gasteiger partial charge on any atom is 0.341 e. The van der Waals surface area contributed by atoms with Gasteiger partial charge in [0.05, 0.1) is 23.6 Å². The first-order valence-corrected chi connectivity index (χ1v) is 11.4. The van der Waals surface area contributed by atoms with Gasteiger partial charge < -0.3 is 26.0 Å². The molecule has 1 aromatic carbocycles. The number of nitrogens with one attached hydrogen (secondary N) is 4. The predicted molar refractivity (Wildman–Crippen MR) is 129 cm³/mol. The average Bonchev–Trinajstić information content (AvgIpc) is 3.07. The minimum atomic E-state index is -0.601. The molecule has 0 saturated carbocycles. The van der Waals surface area contributed by atoms with Gasteiger partial charge in [-0.3, -0.25) is 14.4 Å². The van der Waals surface area contributed by atoms with Crippen LogP contribution in [0.2, 0.25) is 0 Å². The maximum absolute atomic E-state index is 12.6. The van der Waals surface area contributed by atoms with E-state index < -0.39 is 11.9 Å². The molecule has 0 radical (unpaired) electrons. The Balaban J connectivity index is 2.14. The van der Waals surface area contributed by atoms with Crippen molar-refractivity contribution in [1.29, 1.82) is 0 Å². The Morgan fingerprint density at radius 3 is 2.36 bits per heavy atom. The molecule has 0 saturated heterocycles. The highest BCUT2D eigenvalue weighted by Crippen LogP contribution is 2.33. The van der Waals surface area contributed by atoms with Crippen LogP contribution < -0.4 is 21.3 Å². The first-order chi connectivity index (χ1) is 15.6. The minimum Gasteiger partial charge on any atom is -0.462 e. The lowest BCUT2D eigenvalue weighted by Gasteiger charge is -2.13. The summed E-state index contributed by atoms with van der Waals surface area (Å²) in [6, 6.07) is 5.20. The molecule has 0 spiro atoms. The quantitative estimate of drug-likeness (QED) is 0.414. The van der Waals surface area contributed by atoms with Crippen molar-refractivity contribution in [3.8, 4) is 0 Å². The van der Waals surface area contributed by atoms with Gasteiger partial charge in [0.25, 0.3) is 11.8 Å². The lowest BCUT2D eigenvalue weighted by molar-refractivity contribution is -0.114. The van der Waals surface area contributed by atoms with Crippen LogP contribution in [0.3, 0.4) is 0 Å². The van der Waals surface area contributed by atoms with Crippen LogP contribution in [-0.2, 0) is 9.53 Å². The van der Waals surface area contributed by atoms with Crippen LogP contribution in [0.15, 0.2) is 18.2 Å². The highest BCUT2D eigenvalue weighted by Gasteiger charge is 2.26. The number of hydrogen-bond donors (Lipinski definition) is 4. The summed E-state index contributed by atoms with van der Waals surface area (Å²) in [5.41, 5.74) is 2.66. The number of carbonyl (C=O) groups is 4. The molecule has 2 rings (SSSR count). The molecule has 0 atom stereocenters. The van der Waals surface area contributed by atoms with Crippen LogP contribution in [0, 0.1) is 13.8 Å². The SMILES string of the molecule is CCOC(=O)c1c(NC(=O)CNc2ccc(C(=O)NC(C)C)cc2C)sc(C(=O)NC)c1C. The van der Waals surface area contributed by atoms with Crippen molar-refractivity contribution in [3.63, 3.8) is 0 Å². The molecule has 9 nitrogen and oxygen atoms in total. The predicted octanol–water partition coefficient (Wildman–Crippen LogP) is 3.09. The van der Waals surface area contributed by atoms with Crippen LogP contribution in [0.25, 0.3) is 0 Å². The average molecular weight is 475 g/mol. The molecular weight excluding hydrogens is 444 g/mol. The second-order valence-electron chi connectivity index (χ2n) is 7.62. The van der Waals surface area contributed by atoms with E-state index in [2.05, 4.69) is 21.3 Å². The van der Waals surface area contributed by atoms with Crippen molar-refractivity contribution in [2.45, 2.75) is 40.7 Å².